The largest absolute Gasteiger partial charge is 0.756 e. The fraction of sp³-hybridized carbons (Fsp3) is 0.706. The number of nitrogens with one attached hydrogen (secondary N) is 1. The van der Waals surface area contributed by atoms with E-state index in [1.54, 1.807) is 0 Å². The standard InChI is InChI=1S/C68H119N2O7P/c1-7-10-13-16-19-22-25-28-30-32-33-34-35-36-37-39-41-43-46-49-52-55-58-61-68(72)77-66(59-56-53-50-47-44-27-24-21-18-15-12-9-3)65(64-76-78(73,74)75-63-62-70(4,5)6)69-67(71)60-57-54-51-48-45-42-40-38-31-29-26-23-20-17-14-11-8-2/h11,14,17,19-20,22-23,26,28-31,38,40,42,45,56,59,65-66H,7-10,12-13,15-16,18,21,24-25,27,32-37,39,41,43-44,46-55,57-58,60-64H2,1-6H3,(H-,69,71,73,74)/b14-11-,20-17+,22-19-,26-23+,30-28-,31-29-,40-38+,45-42+,59-56-. The maximum absolute atomic E-state index is 13.5. The summed E-state index contributed by atoms with van der Waals surface area (Å²) in [7, 11) is 1.14. The molecular formula is C68H119N2O7P. The normalized spacial score (nSPS) is 14.4. The number of quaternary nitrogens is 1. The molecule has 1 amide bonds. The molecule has 0 spiro atoms. The summed E-state index contributed by atoms with van der Waals surface area (Å²) >= 11 is 0. The molecule has 0 aliphatic heterocycles. The number of hydrogen-bond acceptors (Lipinski definition) is 7. The van der Waals surface area contributed by atoms with Crippen molar-refractivity contribution in [1.29, 1.82) is 0 Å². The minimum atomic E-state index is -4.72. The quantitative estimate of drug-likeness (QED) is 0.0161. The SMILES string of the molecule is CC\C=C/C=C/C=C/C=C\C=C\C=C\CCCCCC(=O)NC(COP(=O)([O-])OCC[N+](C)(C)C)C(/C=C\CCCCCCCCCCCC)OC(=O)CCCCCCCCCCCCCCC/C=C\C/C=C\CCCCC. The van der Waals surface area contributed by atoms with Gasteiger partial charge >= 0.3 is 5.97 Å². The predicted octanol–water partition coefficient (Wildman–Crippen LogP) is 19.1. The number of allylic oxidation sites excluding steroid dienone is 17. The van der Waals surface area contributed by atoms with Crippen LogP contribution in [0.4, 0.5) is 0 Å². The maximum Gasteiger partial charge on any atom is 0.306 e. The van der Waals surface area contributed by atoms with Crippen molar-refractivity contribution in [2.45, 2.75) is 270 Å². The first-order chi connectivity index (χ1) is 37.9. The van der Waals surface area contributed by atoms with E-state index in [9.17, 15) is 19.0 Å². The minimum absolute atomic E-state index is 0.0367. The fourth-order valence-electron chi connectivity index (χ4n) is 8.70. The molecule has 10 heteroatoms. The van der Waals surface area contributed by atoms with E-state index in [0.29, 0.717) is 17.4 Å². The number of ether oxygens (including phenoxy) is 1. The van der Waals surface area contributed by atoms with Crippen LogP contribution >= 0.6 is 7.82 Å². The average molecular weight is 1110 g/mol. The molecule has 0 bridgehead atoms. The van der Waals surface area contributed by atoms with Gasteiger partial charge in [0.05, 0.1) is 33.8 Å². The number of phosphoric acid groups is 1. The van der Waals surface area contributed by atoms with E-state index in [2.05, 4.69) is 62.5 Å². The molecule has 0 fully saturated rings. The molecule has 0 aromatic rings. The van der Waals surface area contributed by atoms with Crippen LogP contribution in [0.15, 0.2) is 109 Å². The summed E-state index contributed by atoms with van der Waals surface area (Å²) in [5.41, 5.74) is 0. The van der Waals surface area contributed by atoms with Gasteiger partial charge in [0.25, 0.3) is 7.82 Å². The summed E-state index contributed by atoms with van der Waals surface area (Å²) in [6.07, 6.45) is 77.7. The second-order valence-corrected chi connectivity index (χ2v) is 23.7. The van der Waals surface area contributed by atoms with E-state index >= 15 is 0 Å². The smallest absolute Gasteiger partial charge is 0.306 e. The van der Waals surface area contributed by atoms with Crippen LogP contribution in [0, 0.1) is 0 Å². The fourth-order valence-corrected chi connectivity index (χ4v) is 9.42. The van der Waals surface area contributed by atoms with Crippen LogP contribution in [0.25, 0.3) is 0 Å². The second-order valence-electron chi connectivity index (χ2n) is 22.3. The van der Waals surface area contributed by atoms with Crippen molar-refractivity contribution >= 4 is 19.7 Å². The number of nitrogens with zero attached hydrogens (tertiary/aromatic N) is 1. The van der Waals surface area contributed by atoms with E-state index < -0.39 is 26.6 Å². The lowest BCUT2D eigenvalue weighted by Crippen LogP contribution is -2.47. The Hall–Kier alpha value is -3.33. The Labute approximate surface area is 481 Å². The highest BCUT2D eigenvalue weighted by Crippen LogP contribution is 2.38. The molecule has 1 N–H and O–H groups in total. The van der Waals surface area contributed by atoms with Gasteiger partial charge in [-0.2, -0.15) is 0 Å². The lowest BCUT2D eigenvalue weighted by atomic mass is 10.0. The van der Waals surface area contributed by atoms with Crippen LogP contribution in [-0.4, -0.2) is 69.4 Å². The number of likely N-dealkylation sites (N-methyl/N-ethyl adjacent to an activating group) is 1. The van der Waals surface area contributed by atoms with E-state index in [1.807, 2.05) is 94.1 Å². The first kappa shape index (κ1) is 74.7. The Bertz CT molecular complexity index is 1700. The summed E-state index contributed by atoms with van der Waals surface area (Å²) in [4.78, 5) is 40.0. The first-order valence-corrected chi connectivity index (χ1v) is 33.2. The lowest BCUT2D eigenvalue weighted by molar-refractivity contribution is -0.870. The molecule has 448 valence electrons. The Kier molecular flexibility index (Phi) is 54.5. The number of carbonyl (C=O) groups excluding carboxylic acids is 2. The third kappa shape index (κ3) is 57.4. The number of amides is 1. The number of unbranched alkanes of at least 4 members (excludes halogenated alkanes) is 29. The molecule has 0 aliphatic carbocycles. The highest BCUT2D eigenvalue weighted by molar-refractivity contribution is 7.45. The molecule has 78 heavy (non-hydrogen) atoms. The molecule has 0 saturated carbocycles. The van der Waals surface area contributed by atoms with Crippen molar-refractivity contribution in [3.8, 4) is 0 Å². The molecule has 0 aliphatic rings. The van der Waals surface area contributed by atoms with Crippen LogP contribution in [0.5, 0.6) is 0 Å². The molecule has 3 atom stereocenters. The van der Waals surface area contributed by atoms with Crippen LogP contribution in [0.3, 0.4) is 0 Å². The van der Waals surface area contributed by atoms with Crippen LogP contribution in [0.2, 0.25) is 0 Å². The van der Waals surface area contributed by atoms with E-state index in [-0.39, 0.29) is 31.3 Å². The van der Waals surface area contributed by atoms with Gasteiger partial charge in [-0.25, -0.2) is 0 Å². The van der Waals surface area contributed by atoms with E-state index in [4.69, 9.17) is 13.8 Å². The maximum atomic E-state index is 13.5. The molecule has 0 heterocycles. The number of rotatable bonds is 56. The van der Waals surface area contributed by atoms with Crippen LogP contribution in [-0.2, 0) is 27.9 Å². The van der Waals surface area contributed by atoms with Gasteiger partial charge in [-0.3, -0.25) is 14.2 Å². The molecule has 9 nitrogen and oxygen atoms in total. The predicted molar refractivity (Wildman–Crippen MR) is 334 cm³/mol. The summed E-state index contributed by atoms with van der Waals surface area (Å²) in [5.74, 6) is -0.596. The summed E-state index contributed by atoms with van der Waals surface area (Å²) in [6, 6.07) is -0.918. The van der Waals surface area contributed by atoms with Gasteiger partial charge in [-0.1, -0.05) is 272 Å². The summed E-state index contributed by atoms with van der Waals surface area (Å²) < 4.78 is 30.3. The monoisotopic (exact) mass is 1110 g/mol. The van der Waals surface area contributed by atoms with E-state index in [1.165, 1.54) is 148 Å². The Morgan fingerprint density at radius 1 is 0.474 bits per heavy atom. The van der Waals surface area contributed by atoms with Crippen molar-refractivity contribution in [3.05, 3.63) is 109 Å². The van der Waals surface area contributed by atoms with Gasteiger partial charge in [0.1, 0.15) is 19.3 Å². The highest BCUT2D eigenvalue weighted by Gasteiger charge is 2.27. The molecule has 0 rings (SSSR count). The molecule has 0 saturated heterocycles. The summed E-state index contributed by atoms with van der Waals surface area (Å²) in [6.45, 7) is 6.63. The van der Waals surface area contributed by atoms with Gasteiger partial charge in [0, 0.05) is 12.8 Å². The van der Waals surface area contributed by atoms with Gasteiger partial charge in [-0.15, -0.1) is 0 Å². The second kappa shape index (κ2) is 56.9. The zero-order valence-electron chi connectivity index (χ0n) is 51.1. The molecule has 0 aromatic heterocycles. The average Bonchev–Trinajstić information content (AvgIpc) is 3.40. The van der Waals surface area contributed by atoms with Crippen LogP contribution < -0.4 is 10.2 Å². The van der Waals surface area contributed by atoms with Crippen LogP contribution in [0.1, 0.15) is 258 Å². The molecular weight excluding hydrogens is 988 g/mol. The Balaban J connectivity index is 5.25. The van der Waals surface area contributed by atoms with Crippen molar-refractivity contribution in [2.75, 3.05) is 40.9 Å². The third-order valence-electron chi connectivity index (χ3n) is 13.6. The van der Waals surface area contributed by atoms with Crippen molar-refractivity contribution < 1.29 is 37.3 Å². The lowest BCUT2D eigenvalue weighted by Gasteiger charge is -2.30. The first-order valence-electron chi connectivity index (χ1n) is 31.8. The van der Waals surface area contributed by atoms with Gasteiger partial charge in [0.2, 0.25) is 5.91 Å². The van der Waals surface area contributed by atoms with Crippen molar-refractivity contribution in [3.63, 3.8) is 0 Å². The van der Waals surface area contributed by atoms with Gasteiger partial charge in [0.15, 0.2) is 0 Å². The number of carbonyl (C=O) groups is 2. The van der Waals surface area contributed by atoms with E-state index in [0.717, 1.165) is 70.6 Å². The topological polar surface area (TPSA) is 114 Å². The third-order valence-corrected chi connectivity index (χ3v) is 14.6. The number of hydrogen-bond donors (Lipinski definition) is 1. The number of esters is 1. The van der Waals surface area contributed by atoms with Gasteiger partial charge < -0.3 is 28.5 Å². The van der Waals surface area contributed by atoms with Gasteiger partial charge in [-0.05, 0) is 83.1 Å². The van der Waals surface area contributed by atoms with Crippen molar-refractivity contribution in [1.82, 2.24) is 5.32 Å². The Morgan fingerprint density at radius 3 is 1.37 bits per heavy atom. The van der Waals surface area contributed by atoms with Crippen molar-refractivity contribution in [2.24, 2.45) is 0 Å². The number of phosphoric ester groups is 1. The zero-order chi connectivity index (χ0) is 57.2. The molecule has 0 aromatic carbocycles. The molecule has 3 unspecified atom stereocenters. The minimum Gasteiger partial charge on any atom is -0.756 e. The zero-order valence-corrected chi connectivity index (χ0v) is 52.0. The Morgan fingerprint density at radius 2 is 0.872 bits per heavy atom. The highest BCUT2D eigenvalue weighted by atomic mass is 31.2. The molecule has 0 radical (unpaired) electrons. The summed E-state index contributed by atoms with van der Waals surface area (Å²) in [5, 5.41) is 3.00.